The summed E-state index contributed by atoms with van der Waals surface area (Å²) in [7, 11) is 0. The average Bonchev–Trinajstić information content (AvgIpc) is 2.42. The Balaban J connectivity index is 2.63. The number of hydrogen-bond acceptors (Lipinski definition) is 5. The highest BCUT2D eigenvalue weighted by molar-refractivity contribution is 6.32. The van der Waals surface area contributed by atoms with Crippen molar-refractivity contribution in [3.8, 4) is 0 Å². The summed E-state index contributed by atoms with van der Waals surface area (Å²) in [5, 5.41) is 15.6. The van der Waals surface area contributed by atoms with Crippen molar-refractivity contribution in [1.29, 1.82) is 0 Å². The number of carbonyl (C=O) groups is 2. The van der Waals surface area contributed by atoms with Crippen molar-refractivity contribution in [3.63, 3.8) is 0 Å². The van der Waals surface area contributed by atoms with Crippen LogP contribution in [0, 0.1) is 16.0 Å². The van der Waals surface area contributed by atoms with Crippen LogP contribution in [0.4, 0.5) is 5.69 Å². The standard InChI is InChI=1S/C12H15ClN4O4/c1-7(2)11(18)15-5-6-16-12(19)8-3-4-14-10(13)9(8)17(20)21/h3-4,7H,5-6H2,1-2H3,(H,15,18)(H,16,19). The SMILES string of the molecule is CC(C)C(=O)NCCNC(=O)c1ccnc(Cl)c1[N+](=O)[O-]. The Bertz CT molecular complexity index is 562. The summed E-state index contributed by atoms with van der Waals surface area (Å²) in [4.78, 5) is 36.9. The molecule has 0 aliphatic carbocycles. The fraction of sp³-hybridized carbons (Fsp3) is 0.417. The molecule has 2 amide bonds. The fourth-order valence-electron chi connectivity index (χ4n) is 1.45. The Hall–Kier alpha value is -2.22. The molecule has 0 unspecified atom stereocenters. The van der Waals surface area contributed by atoms with Crippen molar-refractivity contribution >= 4 is 29.1 Å². The van der Waals surface area contributed by atoms with E-state index in [0.29, 0.717) is 0 Å². The van der Waals surface area contributed by atoms with Crippen LogP contribution >= 0.6 is 11.6 Å². The second-order valence-corrected chi connectivity index (χ2v) is 4.81. The Morgan fingerprint density at radius 2 is 2.00 bits per heavy atom. The molecule has 21 heavy (non-hydrogen) atoms. The number of aromatic nitrogens is 1. The van der Waals surface area contributed by atoms with Gasteiger partial charge < -0.3 is 10.6 Å². The highest BCUT2D eigenvalue weighted by atomic mass is 35.5. The van der Waals surface area contributed by atoms with Crippen LogP contribution in [-0.2, 0) is 4.79 Å². The van der Waals surface area contributed by atoms with E-state index in [0.717, 1.165) is 0 Å². The first-order chi connectivity index (χ1) is 9.84. The Kier molecular flexibility index (Phi) is 6.04. The van der Waals surface area contributed by atoms with Crippen LogP contribution < -0.4 is 10.6 Å². The van der Waals surface area contributed by atoms with Crippen LogP contribution in [0.3, 0.4) is 0 Å². The van der Waals surface area contributed by atoms with E-state index in [1.165, 1.54) is 12.3 Å². The summed E-state index contributed by atoms with van der Waals surface area (Å²) >= 11 is 5.62. The number of rotatable bonds is 6. The second kappa shape index (κ2) is 7.53. The van der Waals surface area contributed by atoms with Gasteiger partial charge in [0.05, 0.1) is 4.92 Å². The molecule has 0 saturated heterocycles. The van der Waals surface area contributed by atoms with E-state index in [-0.39, 0.29) is 35.6 Å². The van der Waals surface area contributed by atoms with Crippen molar-refractivity contribution < 1.29 is 14.5 Å². The zero-order valence-electron chi connectivity index (χ0n) is 11.6. The molecule has 0 bridgehead atoms. The van der Waals surface area contributed by atoms with E-state index in [1.807, 2.05) is 0 Å². The zero-order valence-corrected chi connectivity index (χ0v) is 12.3. The van der Waals surface area contributed by atoms with Crippen LogP contribution in [0.1, 0.15) is 24.2 Å². The molecule has 0 saturated carbocycles. The van der Waals surface area contributed by atoms with E-state index >= 15 is 0 Å². The molecular weight excluding hydrogens is 300 g/mol. The van der Waals surface area contributed by atoms with Gasteiger partial charge in [-0.2, -0.15) is 0 Å². The predicted octanol–water partition coefficient (Wildman–Crippen LogP) is 1.15. The topological polar surface area (TPSA) is 114 Å². The second-order valence-electron chi connectivity index (χ2n) is 4.46. The number of nitro groups is 1. The van der Waals surface area contributed by atoms with E-state index < -0.39 is 16.5 Å². The van der Waals surface area contributed by atoms with E-state index in [4.69, 9.17) is 11.6 Å². The van der Waals surface area contributed by atoms with Crippen molar-refractivity contribution in [1.82, 2.24) is 15.6 Å². The number of halogens is 1. The van der Waals surface area contributed by atoms with Gasteiger partial charge in [-0.1, -0.05) is 25.4 Å². The van der Waals surface area contributed by atoms with Gasteiger partial charge in [0, 0.05) is 25.2 Å². The molecule has 0 aromatic carbocycles. The van der Waals surface area contributed by atoms with Crippen molar-refractivity contribution in [2.45, 2.75) is 13.8 Å². The predicted molar refractivity (Wildman–Crippen MR) is 76.1 cm³/mol. The van der Waals surface area contributed by atoms with Gasteiger partial charge in [0.15, 0.2) is 0 Å². The largest absolute Gasteiger partial charge is 0.354 e. The van der Waals surface area contributed by atoms with Gasteiger partial charge in [0.2, 0.25) is 11.1 Å². The van der Waals surface area contributed by atoms with Gasteiger partial charge in [0.1, 0.15) is 5.56 Å². The summed E-state index contributed by atoms with van der Waals surface area (Å²) in [6.07, 6.45) is 1.21. The Morgan fingerprint density at radius 3 is 2.57 bits per heavy atom. The molecule has 1 heterocycles. The van der Waals surface area contributed by atoms with Crippen molar-refractivity contribution in [2.24, 2.45) is 5.92 Å². The molecule has 114 valence electrons. The molecule has 0 spiro atoms. The molecule has 1 aromatic rings. The van der Waals surface area contributed by atoms with Gasteiger partial charge in [0.25, 0.3) is 5.91 Å². The normalized spacial score (nSPS) is 10.3. The van der Waals surface area contributed by atoms with E-state index in [9.17, 15) is 19.7 Å². The third-order valence-electron chi connectivity index (χ3n) is 2.54. The number of amides is 2. The molecular formula is C12H15ClN4O4. The first-order valence-corrected chi connectivity index (χ1v) is 6.57. The highest BCUT2D eigenvalue weighted by Gasteiger charge is 2.24. The molecule has 9 heteroatoms. The molecule has 8 nitrogen and oxygen atoms in total. The summed E-state index contributed by atoms with van der Waals surface area (Å²) in [6, 6.07) is 1.21. The minimum Gasteiger partial charge on any atom is -0.354 e. The maximum Gasteiger partial charge on any atom is 0.319 e. The summed E-state index contributed by atoms with van der Waals surface area (Å²) in [5.74, 6) is -0.937. The van der Waals surface area contributed by atoms with E-state index in [2.05, 4.69) is 15.6 Å². The highest BCUT2D eigenvalue weighted by Crippen LogP contribution is 2.25. The molecule has 1 rings (SSSR count). The minimum absolute atomic E-state index is 0.137. The fourth-order valence-corrected chi connectivity index (χ4v) is 1.67. The van der Waals surface area contributed by atoms with Crippen LogP contribution in [0.2, 0.25) is 5.15 Å². The van der Waals surface area contributed by atoms with Gasteiger partial charge in [-0.05, 0) is 6.07 Å². The minimum atomic E-state index is -0.759. The lowest BCUT2D eigenvalue weighted by atomic mass is 10.2. The molecule has 0 aliphatic rings. The molecule has 0 fully saturated rings. The van der Waals surface area contributed by atoms with Crippen LogP contribution in [0.15, 0.2) is 12.3 Å². The maximum atomic E-state index is 11.9. The van der Waals surface area contributed by atoms with Gasteiger partial charge in [-0.3, -0.25) is 19.7 Å². The van der Waals surface area contributed by atoms with Crippen molar-refractivity contribution in [2.75, 3.05) is 13.1 Å². The van der Waals surface area contributed by atoms with Gasteiger partial charge >= 0.3 is 5.69 Å². The number of pyridine rings is 1. The summed E-state index contributed by atoms with van der Waals surface area (Å²) < 4.78 is 0. The molecule has 0 atom stereocenters. The lowest BCUT2D eigenvalue weighted by Crippen LogP contribution is -2.36. The molecule has 1 aromatic heterocycles. The lowest BCUT2D eigenvalue weighted by molar-refractivity contribution is -0.385. The smallest absolute Gasteiger partial charge is 0.319 e. The van der Waals surface area contributed by atoms with Crippen LogP contribution in [-0.4, -0.2) is 34.8 Å². The third kappa shape index (κ3) is 4.67. The van der Waals surface area contributed by atoms with Gasteiger partial charge in [-0.15, -0.1) is 0 Å². The average molecular weight is 315 g/mol. The Morgan fingerprint density at radius 1 is 1.38 bits per heavy atom. The summed E-state index contributed by atoms with van der Waals surface area (Å²) in [6.45, 7) is 3.87. The zero-order chi connectivity index (χ0) is 16.0. The van der Waals surface area contributed by atoms with Crippen molar-refractivity contribution in [3.05, 3.63) is 33.1 Å². The maximum absolute atomic E-state index is 11.9. The number of hydrogen-bond donors (Lipinski definition) is 2. The van der Waals surface area contributed by atoms with Crippen LogP contribution in [0.5, 0.6) is 0 Å². The number of nitrogens with one attached hydrogen (secondary N) is 2. The molecule has 0 aliphatic heterocycles. The quantitative estimate of drug-likeness (QED) is 0.354. The Labute approximate surface area is 126 Å². The number of nitrogens with zero attached hydrogens (tertiary/aromatic N) is 2. The van der Waals surface area contributed by atoms with Gasteiger partial charge in [-0.25, -0.2) is 4.98 Å². The summed E-state index contributed by atoms with van der Waals surface area (Å²) in [5.41, 5.74) is -0.710. The van der Waals surface area contributed by atoms with E-state index in [1.54, 1.807) is 13.8 Å². The van der Waals surface area contributed by atoms with Crippen LogP contribution in [0.25, 0.3) is 0 Å². The first-order valence-electron chi connectivity index (χ1n) is 6.19. The first kappa shape index (κ1) is 16.8. The lowest BCUT2D eigenvalue weighted by Gasteiger charge is -2.09. The number of carbonyl (C=O) groups excluding carboxylic acids is 2. The molecule has 2 N–H and O–H groups in total. The monoisotopic (exact) mass is 314 g/mol. The third-order valence-corrected chi connectivity index (χ3v) is 2.82. The molecule has 0 radical (unpaired) electrons.